The van der Waals surface area contributed by atoms with Crippen LogP contribution in [0.5, 0.6) is 0 Å². The molecule has 0 aromatic heterocycles. The van der Waals surface area contributed by atoms with E-state index in [1.54, 1.807) is 6.92 Å². The quantitative estimate of drug-likeness (QED) is 0.535. The zero-order valence-corrected chi connectivity index (χ0v) is 16.3. The minimum Gasteiger partial charge on any atom is -0.403 e. The number of halogens is 3. The van der Waals surface area contributed by atoms with Gasteiger partial charge in [-0.3, -0.25) is 0 Å². The van der Waals surface area contributed by atoms with Crippen molar-refractivity contribution >= 4 is 8.32 Å². The summed E-state index contributed by atoms with van der Waals surface area (Å²) < 4.78 is 48.1. The number of alkyl halides is 3. The highest BCUT2D eigenvalue weighted by molar-refractivity contribution is 6.69. The molecule has 0 radical (unpaired) electrons. The van der Waals surface area contributed by atoms with Crippen LogP contribution in [0.1, 0.15) is 58.8 Å². The van der Waals surface area contributed by atoms with E-state index >= 15 is 0 Å². The van der Waals surface area contributed by atoms with Crippen molar-refractivity contribution in [1.29, 1.82) is 0 Å². The van der Waals surface area contributed by atoms with Crippen LogP contribution in [0.4, 0.5) is 13.2 Å². The van der Waals surface area contributed by atoms with Crippen LogP contribution in [-0.4, -0.2) is 20.1 Å². The van der Waals surface area contributed by atoms with Gasteiger partial charge in [-0.05, 0) is 75.4 Å². The first-order chi connectivity index (χ1) is 10.4. The minimum absolute atomic E-state index is 0.177. The van der Waals surface area contributed by atoms with Crippen molar-refractivity contribution in [3.8, 4) is 0 Å². The molecule has 1 nitrogen and oxygen atoms in total. The summed E-state index contributed by atoms with van der Waals surface area (Å²) in [4.78, 5) is 0. The first-order valence-corrected chi connectivity index (χ1v) is 12.6. The minimum atomic E-state index is -4.27. The Bertz CT molecular complexity index is 396. The van der Waals surface area contributed by atoms with Crippen LogP contribution in [0.15, 0.2) is 0 Å². The predicted molar refractivity (Wildman–Crippen MR) is 90.8 cm³/mol. The van der Waals surface area contributed by atoms with Crippen molar-refractivity contribution in [1.82, 2.24) is 0 Å². The molecule has 0 aliphatic heterocycles. The average Bonchev–Trinajstić information content (AvgIpc) is 2.39. The first kappa shape index (κ1) is 19.3. The molecule has 2 aliphatic carbocycles. The van der Waals surface area contributed by atoms with E-state index in [0.717, 1.165) is 25.2 Å². The molecule has 2 fully saturated rings. The normalized spacial score (nSPS) is 40.2. The van der Waals surface area contributed by atoms with Crippen molar-refractivity contribution in [3.05, 3.63) is 0 Å². The van der Waals surface area contributed by atoms with E-state index in [9.17, 15) is 13.2 Å². The molecule has 3 atom stereocenters. The van der Waals surface area contributed by atoms with E-state index in [1.165, 1.54) is 12.8 Å². The molecule has 23 heavy (non-hydrogen) atoms. The molecule has 0 aromatic rings. The molecule has 2 rings (SSSR count). The Hall–Kier alpha value is -0.0331. The largest absolute Gasteiger partial charge is 0.416 e. The standard InChI is InChI=1S/C18H33F3OSi/c1-13-6-9-15(10-7-13)16-11-8-14(2)17(12-16,18(19,20)21)22-23(3,4)5/h13-16H,6-12H2,1-5H3. The van der Waals surface area contributed by atoms with Crippen LogP contribution >= 0.6 is 0 Å². The zero-order chi connectivity index (χ0) is 17.5. The summed E-state index contributed by atoms with van der Waals surface area (Å²) in [6.07, 6.45) is 2.03. The number of hydrogen-bond acceptors (Lipinski definition) is 1. The van der Waals surface area contributed by atoms with Crippen LogP contribution in [0, 0.1) is 23.7 Å². The highest BCUT2D eigenvalue weighted by atomic mass is 28.4. The molecule has 0 amide bonds. The van der Waals surface area contributed by atoms with E-state index in [-0.39, 0.29) is 12.3 Å². The number of hydrogen-bond donors (Lipinski definition) is 0. The Morgan fingerprint density at radius 3 is 1.87 bits per heavy atom. The van der Waals surface area contributed by atoms with Crippen molar-refractivity contribution in [2.24, 2.45) is 23.7 Å². The summed E-state index contributed by atoms with van der Waals surface area (Å²) in [5, 5.41) is 0. The van der Waals surface area contributed by atoms with Gasteiger partial charge in [0.05, 0.1) is 0 Å². The SMILES string of the molecule is CC1CCC(C2CCC(C)C(O[Si](C)(C)C)(C(F)(F)F)C2)CC1. The summed E-state index contributed by atoms with van der Waals surface area (Å²) in [5.41, 5.74) is -1.91. The average molecular weight is 351 g/mol. The van der Waals surface area contributed by atoms with Gasteiger partial charge >= 0.3 is 6.18 Å². The summed E-state index contributed by atoms with van der Waals surface area (Å²) in [7, 11) is -2.28. The lowest BCUT2D eigenvalue weighted by Gasteiger charge is -2.51. The molecule has 5 heteroatoms. The smallest absolute Gasteiger partial charge is 0.403 e. The Balaban J connectivity index is 2.22. The first-order valence-electron chi connectivity index (χ1n) is 9.21. The predicted octanol–water partition coefficient (Wildman–Crippen LogP) is 6.40. The van der Waals surface area contributed by atoms with Gasteiger partial charge in [0.1, 0.15) is 0 Å². The van der Waals surface area contributed by atoms with Crippen molar-refractivity contribution in [3.63, 3.8) is 0 Å². The molecule has 3 unspecified atom stereocenters. The van der Waals surface area contributed by atoms with Crippen LogP contribution < -0.4 is 0 Å². The maximum Gasteiger partial charge on any atom is 0.416 e. The Kier molecular flexibility index (Phi) is 5.62. The van der Waals surface area contributed by atoms with E-state index in [2.05, 4.69) is 6.92 Å². The second kappa shape index (κ2) is 6.70. The van der Waals surface area contributed by atoms with Gasteiger partial charge in [0, 0.05) is 0 Å². The topological polar surface area (TPSA) is 9.23 Å². The van der Waals surface area contributed by atoms with Gasteiger partial charge in [-0.2, -0.15) is 13.2 Å². The summed E-state index contributed by atoms with van der Waals surface area (Å²) >= 11 is 0. The third kappa shape index (κ3) is 4.33. The highest BCUT2D eigenvalue weighted by Gasteiger charge is 2.62. The monoisotopic (exact) mass is 350 g/mol. The van der Waals surface area contributed by atoms with Gasteiger partial charge in [0.25, 0.3) is 0 Å². The molecule has 136 valence electrons. The van der Waals surface area contributed by atoms with E-state index in [4.69, 9.17) is 4.43 Å². The summed E-state index contributed by atoms with van der Waals surface area (Å²) in [5.74, 6) is 0.940. The van der Waals surface area contributed by atoms with Crippen LogP contribution in [-0.2, 0) is 4.43 Å². The maximum absolute atomic E-state index is 14.1. The molecular weight excluding hydrogens is 317 g/mol. The Morgan fingerprint density at radius 1 is 0.870 bits per heavy atom. The van der Waals surface area contributed by atoms with E-state index in [0.29, 0.717) is 12.3 Å². The van der Waals surface area contributed by atoms with Gasteiger partial charge in [-0.1, -0.05) is 26.7 Å². The molecule has 0 heterocycles. The second-order valence-corrected chi connectivity index (χ2v) is 13.5. The molecule has 0 N–H and O–H groups in total. The summed E-state index contributed by atoms with van der Waals surface area (Å²) in [6.45, 7) is 9.62. The van der Waals surface area contributed by atoms with Gasteiger partial charge in [-0.25, -0.2) is 0 Å². The number of rotatable bonds is 3. The molecule has 2 aliphatic rings. The van der Waals surface area contributed by atoms with Crippen LogP contribution in [0.3, 0.4) is 0 Å². The van der Waals surface area contributed by atoms with Gasteiger partial charge < -0.3 is 4.43 Å². The fourth-order valence-electron chi connectivity index (χ4n) is 4.69. The Labute approximate surface area is 140 Å². The maximum atomic E-state index is 14.1. The van der Waals surface area contributed by atoms with Crippen LogP contribution in [0.25, 0.3) is 0 Å². The molecule has 0 bridgehead atoms. The van der Waals surface area contributed by atoms with Crippen molar-refractivity contribution in [2.45, 2.75) is 90.2 Å². The van der Waals surface area contributed by atoms with Gasteiger partial charge in [0.2, 0.25) is 0 Å². The second-order valence-electron chi connectivity index (χ2n) is 9.06. The molecular formula is C18H33F3OSi. The lowest BCUT2D eigenvalue weighted by atomic mass is 9.64. The third-order valence-electron chi connectivity index (χ3n) is 6.03. The molecule has 0 saturated heterocycles. The Morgan fingerprint density at radius 2 is 1.39 bits per heavy atom. The fourth-order valence-corrected chi connectivity index (χ4v) is 6.18. The molecule has 2 saturated carbocycles. The third-order valence-corrected chi connectivity index (χ3v) is 7.00. The van der Waals surface area contributed by atoms with E-state index in [1.807, 2.05) is 19.6 Å². The fraction of sp³-hybridized carbons (Fsp3) is 1.00. The lowest BCUT2D eigenvalue weighted by Crippen LogP contribution is -2.60. The summed E-state index contributed by atoms with van der Waals surface area (Å²) in [6, 6.07) is 0. The van der Waals surface area contributed by atoms with Crippen molar-refractivity contribution in [2.75, 3.05) is 0 Å². The van der Waals surface area contributed by atoms with Gasteiger partial charge in [-0.15, -0.1) is 0 Å². The molecule has 0 spiro atoms. The van der Waals surface area contributed by atoms with E-state index < -0.39 is 26.0 Å². The van der Waals surface area contributed by atoms with Gasteiger partial charge in [0.15, 0.2) is 13.9 Å². The lowest BCUT2D eigenvalue weighted by molar-refractivity contribution is -0.284. The van der Waals surface area contributed by atoms with Crippen LogP contribution in [0.2, 0.25) is 19.6 Å². The zero-order valence-electron chi connectivity index (χ0n) is 15.3. The molecule has 0 aromatic carbocycles. The van der Waals surface area contributed by atoms with Crippen molar-refractivity contribution < 1.29 is 17.6 Å². The highest BCUT2D eigenvalue weighted by Crippen LogP contribution is 2.53.